The van der Waals surface area contributed by atoms with E-state index in [1.807, 2.05) is 20.8 Å². The number of carbonyl (C=O) groups is 1. The summed E-state index contributed by atoms with van der Waals surface area (Å²) in [6.07, 6.45) is 3.06. The lowest BCUT2D eigenvalue weighted by molar-refractivity contribution is 0.0646. The first-order valence-electron chi connectivity index (χ1n) is 6.74. The van der Waals surface area contributed by atoms with Gasteiger partial charge in [-0.2, -0.15) is 0 Å². The second kappa shape index (κ2) is 5.05. The summed E-state index contributed by atoms with van der Waals surface area (Å²) in [5.41, 5.74) is -0.219. The Balaban J connectivity index is 1.70. The SMILES string of the molecule is CC(C)(C)C(O)CNC(=O)NC1CC2CCC1O2. The van der Waals surface area contributed by atoms with E-state index < -0.39 is 6.10 Å². The van der Waals surface area contributed by atoms with Gasteiger partial charge in [-0.05, 0) is 24.7 Å². The fraction of sp³-hybridized carbons (Fsp3) is 0.923. The fourth-order valence-corrected chi connectivity index (χ4v) is 2.50. The smallest absolute Gasteiger partial charge is 0.315 e. The van der Waals surface area contributed by atoms with Crippen molar-refractivity contribution in [2.75, 3.05) is 6.54 Å². The van der Waals surface area contributed by atoms with Gasteiger partial charge < -0.3 is 20.5 Å². The van der Waals surface area contributed by atoms with Gasteiger partial charge in [-0.25, -0.2) is 4.79 Å². The summed E-state index contributed by atoms with van der Waals surface area (Å²) in [5, 5.41) is 15.5. The molecule has 104 valence electrons. The van der Waals surface area contributed by atoms with Gasteiger partial charge in [0.15, 0.2) is 0 Å². The third-order valence-electron chi connectivity index (χ3n) is 3.88. The van der Waals surface area contributed by atoms with Crippen LogP contribution < -0.4 is 10.6 Å². The number of hydrogen-bond acceptors (Lipinski definition) is 3. The Hall–Kier alpha value is -0.810. The van der Waals surface area contributed by atoms with Crippen molar-refractivity contribution in [2.24, 2.45) is 5.41 Å². The highest BCUT2D eigenvalue weighted by Gasteiger charge is 2.41. The van der Waals surface area contributed by atoms with Crippen molar-refractivity contribution in [1.82, 2.24) is 10.6 Å². The zero-order valence-corrected chi connectivity index (χ0v) is 11.4. The third-order valence-corrected chi connectivity index (χ3v) is 3.88. The van der Waals surface area contributed by atoms with Crippen molar-refractivity contribution < 1.29 is 14.6 Å². The number of carbonyl (C=O) groups excluding carboxylic acids is 1. The molecule has 0 spiro atoms. The highest BCUT2D eigenvalue weighted by molar-refractivity contribution is 5.74. The normalized spacial score (nSPS) is 32.3. The third kappa shape index (κ3) is 3.14. The van der Waals surface area contributed by atoms with Crippen LogP contribution in [0.3, 0.4) is 0 Å². The molecule has 18 heavy (non-hydrogen) atoms. The van der Waals surface area contributed by atoms with Gasteiger partial charge in [0.05, 0.1) is 24.4 Å². The number of rotatable bonds is 3. The minimum atomic E-state index is -0.542. The lowest BCUT2D eigenvalue weighted by atomic mass is 9.89. The first kappa shape index (κ1) is 13.6. The van der Waals surface area contributed by atoms with E-state index in [4.69, 9.17) is 4.74 Å². The van der Waals surface area contributed by atoms with Crippen LogP contribution in [0.1, 0.15) is 40.0 Å². The van der Waals surface area contributed by atoms with Crippen molar-refractivity contribution in [3.05, 3.63) is 0 Å². The molecule has 2 fully saturated rings. The quantitative estimate of drug-likeness (QED) is 0.706. The predicted molar refractivity (Wildman–Crippen MR) is 68.3 cm³/mol. The average Bonchev–Trinajstić information content (AvgIpc) is 2.86. The van der Waals surface area contributed by atoms with Crippen LogP contribution in [0.5, 0.6) is 0 Å². The summed E-state index contributed by atoms with van der Waals surface area (Å²) >= 11 is 0. The molecule has 0 aliphatic carbocycles. The minimum Gasteiger partial charge on any atom is -0.391 e. The van der Waals surface area contributed by atoms with E-state index in [2.05, 4.69) is 10.6 Å². The first-order valence-corrected chi connectivity index (χ1v) is 6.74. The van der Waals surface area contributed by atoms with Crippen LogP contribution in [0.2, 0.25) is 0 Å². The van der Waals surface area contributed by atoms with Crippen molar-refractivity contribution in [3.8, 4) is 0 Å². The number of amides is 2. The van der Waals surface area contributed by atoms with Gasteiger partial charge in [-0.1, -0.05) is 20.8 Å². The van der Waals surface area contributed by atoms with Crippen molar-refractivity contribution in [2.45, 2.75) is 64.4 Å². The zero-order chi connectivity index (χ0) is 13.3. The highest BCUT2D eigenvalue weighted by atomic mass is 16.5. The lowest BCUT2D eigenvalue weighted by Crippen LogP contribution is -2.49. The molecular formula is C13H24N2O3. The Morgan fingerprint density at radius 3 is 2.67 bits per heavy atom. The second-order valence-corrected chi connectivity index (χ2v) is 6.45. The summed E-state index contributed by atoms with van der Waals surface area (Å²) in [6.45, 7) is 6.11. The number of hydrogen-bond donors (Lipinski definition) is 3. The van der Waals surface area contributed by atoms with Crippen LogP contribution in [0.25, 0.3) is 0 Å². The van der Waals surface area contributed by atoms with Gasteiger partial charge in [0.25, 0.3) is 0 Å². The molecule has 0 aromatic carbocycles. The highest BCUT2D eigenvalue weighted by Crippen LogP contribution is 2.34. The number of aliphatic hydroxyl groups is 1. The molecule has 2 aliphatic rings. The molecule has 0 aromatic rings. The van der Waals surface area contributed by atoms with Gasteiger partial charge in [-0.3, -0.25) is 0 Å². The summed E-state index contributed by atoms with van der Waals surface area (Å²) in [5.74, 6) is 0. The van der Waals surface area contributed by atoms with Crippen LogP contribution >= 0.6 is 0 Å². The Bertz CT molecular complexity index is 314. The first-order chi connectivity index (χ1) is 8.36. The van der Waals surface area contributed by atoms with Gasteiger partial charge in [0.1, 0.15) is 0 Å². The molecule has 5 heteroatoms. The van der Waals surface area contributed by atoms with Gasteiger partial charge in [0.2, 0.25) is 0 Å². The van der Waals surface area contributed by atoms with Gasteiger partial charge in [0, 0.05) is 6.54 Å². The monoisotopic (exact) mass is 256 g/mol. The molecule has 4 unspecified atom stereocenters. The molecule has 2 rings (SSSR count). The Morgan fingerprint density at radius 1 is 1.44 bits per heavy atom. The van der Waals surface area contributed by atoms with E-state index in [0.717, 1.165) is 19.3 Å². The molecule has 0 aromatic heterocycles. The van der Waals surface area contributed by atoms with Crippen molar-refractivity contribution >= 4 is 6.03 Å². The van der Waals surface area contributed by atoms with Gasteiger partial charge in [-0.15, -0.1) is 0 Å². The Kier molecular flexibility index (Phi) is 3.82. The molecule has 0 radical (unpaired) electrons. The molecule has 5 nitrogen and oxygen atoms in total. The maximum Gasteiger partial charge on any atom is 0.315 e. The summed E-state index contributed by atoms with van der Waals surface area (Å²) in [4.78, 5) is 11.7. The van der Waals surface area contributed by atoms with E-state index >= 15 is 0 Å². The Morgan fingerprint density at radius 2 is 2.17 bits per heavy atom. The molecule has 2 heterocycles. The summed E-state index contributed by atoms with van der Waals surface area (Å²) in [6, 6.07) is -0.0741. The van der Waals surface area contributed by atoms with Crippen LogP contribution in [0.15, 0.2) is 0 Å². The van der Waals surface area contributed by atoms with Crippen molar-refractivity contribution in [1.29, 1.82) is 0 Å². The molecule has 3 N–H and O–H groups in total. The van der Waals surface area contributed by atoms with Crippen LogP contribution in [0, 0.1) is 5.41 Å². The summed E-state index contributed by atoms with van der Waals surface area (Å²) in [7, 11) is 0. The number of urea groups is 1. The number of ether oxygens (including phenoxy) is 1. The predicted octanol–water partition coefficient (Wildman–Crippen LogP) is 1.01. The zero-order valence-electron chi connectivity index (χ0n) is 11.4. The molecule has 2 amide bonds. The molecule has 0 saturated carbocycles. The standard InChI is InChI=1S/C13H24N2O3/c1-13(2,3)11(16)7-14-12(17)15-9-6-8-4-5-10(9)18-8/h8-11,16H,4-7H2,1-3H3,(H2,14,15,17). The molecule has 2 bridgehead atoms. The topological polar surface area (TPSA) is 70.6 Å². The van der Waals surface area contributed by atoms with Crippen LogP contribution in [-0.2, 0) is 4.74 Å². The number of fused-ring (bicyclic) bond motifs is 2. The molecule has 4 atom stereocenters. The number of nitrogens with one attached hydrogen (secondary N) is 2. The molecule has 2 saturated heterocycles. The van der Waals surface area contributed by atoms with E-state index in [1.165, 1.54) is 0 Å². The Labute approximate surface area is 108 Å². The maximum atomic E-state index is 11.7. The lowest BCUT2D eigenvalue weighted by Gasteiger charge is -2.26. The van der Waals surface area contributed by atoms with Crippen molar-refractivity contribution in [3.63, 3.8) is 0 Å². The molecular weight excluding hydrogens is 232 g/mol. The van der Waals surface area contributed by atoms with Crippen LogP contribution in [0.4, 0.5) is 4.79 Å². The van der Waals surface area contributed by atoms with E-state index in [9.17, 15) is 9.90 Å². The maximum absolute atomic E-state index is 11.7. The average molecular weight is 256 g/mol. The molecule has 2 aliphatic heterocycles. The minimum absolute atomic E-state index is 0.135. The summed E-state index contributed by atoms with van der Waals surface area (Å²) < 4.78 is 5.67. The van der Waals surface area contributed by atoms with E-state index in [1.54, 1.807) is 0 Å². The van der Waals surface area contributed by atoms with Gasteiger partial charge >= 0.3 is 6.03 Å². The largest absolute Gasteiger partial charge is 0.391 e. The van der Waals surface area contributed by atoms with E-state index in [-0.39, 0.29) is 30.1 Å². The second-order valence-electron chi connectivity index (χ2n) is 6.45. The number of aliphatic hydroxyl groups excluding tert-OH is 1. The fourth-order valence-electron chi connectivity index (χ4n) is 2.50. The van der Waals surface area contributed by atoms with E-state index in [0.29, 0.717) is 6.10 Å². The van der Waals surface area contributed by atoms with Crippen LogP contribution in [-0.4, -0.2) is 42.0 Å².